The largest absolute Gasteiger partial charge is 0.507 e. The van der Waals surface area contributed by atoms with Crippen molar-refractivity contribution < 1.29 is 19.7 Å². The van der Waals surface area contributed by atoms with Gasteiger partial charge in [0, 0.05) is 23.6 Å². The molecule has 5 nitrogen and oxygen atoms in total. The van der Waals surface area contributed by atoms with Crippen LogP contribution in [-0.2, 0) is 5.41 Å². The van der Waals surface area contributed by atoms with E-state index in [1.165, 1.54) is 25.7 Å². The first-order valence-corrected chi connectivity index (χ1v) is 6.89. The summed E-state index contributed by atoms with van der Waals surface area (Å²) < 4.78 is 5.33. The number of hydrogen-bond acceptors (Lipinski definition) is 4. The highest BCUT2D eigenvalue weighted by Gasteiger charge is 2.36. The summed E-state index contributed by atoms with van der Waals surface area (Å²) in [5, 5.41) is 19.0. The van der Waals surface area contributed by atoms with Crippen LogP contribution in [-0.4, -0.2) is 29.8 Å². The van der Waals surface area contributed by atoms with Crippen molar-refractivity contribution in [1.29, 1.82) is 0 Å². The monoisotopic (exact) mass is 279 g/mol. The van der Waals surface area contributed by atoms with Gasteiger partial charge in [0.25, 0.3) is 0 Å². The Kier molecular flexibility index (Phi) is 4.18. The molecule has 2 rings (SSSR count). The third-order valence-electron chi connectivity index (χ3n) is 4.32. The molecule has 0 heterocycles. The van der Waals surface area contributed by atoms with E-state index >= 15 is 0 Å². The van der Waals surface area contributed by atoms with Crippen molar-refractivity contribution in [1.82, 2.24) is 0 Å². The van der Waals surface area contributed by atoms with Gasteiger partial charge in [-0.1, -0.05) is 19.3 Å². The predicted octanol–water partition coefficient (Wildman–Crippen LogP) is 2.26. The highest BCUT2D eigenvalue weighted by Crippen LogP contribution is 2.44. The summed E-state index contributed by atoms with van der Waals surface area (Å²) in [6.45, 7) is 0.452. The minimum Gasteiger partial charge on any atom is -0.507 e. The molecule has 0 atom stereocenters. The third kappa shape index (κ3) is 2.45. The van der Waals surface area contributed by atoms with Gasteiger partial charge in [0.2, 0.25) is 0 Å². The van der Waals surface area contributed by atoms with Crippen molar-refractivity contribution in [3.63, 3.8) is 0 Å². The van der Waals surface area contributed by atoms with Crippen molar-refractivity contribution >= 4 is 5.97 Å². The maximum Gasteiger partial charge on any atom is 0.339 e. The number of carboxylic acids is 1. The Hall–Kier alpha value is -1.75. The highest BCUT2D eigenvalue weighted by molar-refractivity contribution is 5.91. The minimum atomic E-state index is -1.14. The first-order valence-electron chi connectivity index (χ1n) is 6.89. The van der Waals surface area contributed by atoms with Gasteiger partial charge in [0.15, 0.2) is 0 Å². The van der Waals surface area contributed by atoms with Crippen LogP contribution in [0.25, 0.3) is 0 Å². The fourth-order valence-electron chi connectivity index (χ4n) is 3.14. The van der Waals surface area contributed by atoms with Crippen LogP contribution in [0.5, 0.6) is 11.5 Å². The standard InChI is InChI=1S/C15H21NO4/c1-20-13-8-12(17)10(14(18)19)7-11(13)15(9-16)5-3-2-4-6-15/h7-8,17H,2-6,9,16H2,1H3,(H,18,19). The van der Waals surface area contributed by atoms with Gasteiger partial charge < -0.3 is 20.7 Å². The van der Waals surface area contributed by atoms with Crippen LogP contribution in [0.4, 0.5) is 0 Å². The lowest BCUT2D eigenvalue weighted by Crippen LogP contribution is -2.37. The summed E-state index contributed by atoms with van der Waals surface area (Å²) in [6.07, 6.45) is 5.16. The van der Waals surface area contributed by atoms with E-state index in [0.717, 1.165) is 31.2 Å². The third-order valence-corrected chi connectivity index (χ3v) is 4.32. The molecule has 0 radical (unpaired) electrons. The van der Waals surface area contributed by atoms with E-state index in [1.54, 1.807) is 0 Å². The zero-order chi connectivity index (χ0) is 14.8. The molecule has 1 aliphatic carbocycles. The first-order chi connectivity index (χ1) is 9.54. The van der Waals surface area contributed by atoms with Gasteiger partial charge in [0.05, 0.1) is 7.11 Å². The number of rotatable bonds is 4. The number of aromatic hydroxyl groups is 1. The average molecular weight is 279 g/mol. The lowest BCUT2D eigenvalue weighted by Gasteiger charge is -2.37. The average Bonchev–Trinajstić information content (AvgIpc) is 2.47. The first kappa shape index (κ1) is 14.7. The number of hydrogen-bond donors (Lipinski definition) is 3. The fraction of sp³-hybridized carbons (Fsp3) is 0.533. The molecule has 110 valence electrons. The number of carbonyl (C=O) groups is 1. The SMILES string of the molecule is COc1cc(O)c(C(=O)O)cc1C1(CN)CCCCC1. The van der Waals surface area contributed by atoms with Gasteiger partial charge >= 0.3 is 5.97 Å². The lowest BCUT2D eigenvalue weighted by molar-refractivity contribution is 0.0693. The molecule has 0 bridgehead atoms. The second-order valence-electron chi connectivity index (χ2n) is 5.42. The van der Waals surface area contributed by atoms with Crippen LogP contribution in [0.2, 0.25) is 0 Å². The van der Waals surface area contributed by atoms with Crippen molar-refractivity contribution in [3.8, 4) is 11.5 Å². The molecule has 0 aromatic heterocycles. The molecule has 5 heteroatoms. The molecule has 1 saturated carbocycles. The Morgan fingerprint density at radius 1 is 1.35 bits per heavy atom. The smallest absolute Gasteiger partial charge is 0.339 e. The molecule has 1 aliphatic rings. The topological polar surface area (TPSA) is 92.8 Å². The zero-order valence-electron chi connectivity index (χ0n) is 11.7. The van der Waals surface area contributed by atoms with E-state index in [9.17, 15) is 15.0 Å². The fourth-order valence-corrected chi connectivity index (χ4v) is 3.14. The van der Waals surface area contributed by atoms with Gasteiger partial charge in [-0.2, -0.15) is 0 Å². The van der Waals surface area contributed by atoms with Crippen molar-refractivity contribution in [2.45, 2.75) is 37.5 Å². The molecule has 0 saturated heterocycles. The van der Waals surface area contributed by atoms with Crippen molar-refractivity contribution in [2.24, 2.45) is 5.73 Å². The Morgan fingerprint density at radius 3 is 2.50 bits per heavy atom. The number of nitrogens with two attached hydrogens (primary N) is 1. The molecule has 0 unspecified atom stereocenters. The van der Waals surface area contributed by atoms with Crippen molar-refractivity contribution in [3.05, 3.63) is 23.3 Å². The number of phenols is 1. The second kappa shape index (κ2) is 5.71. The molecular weight excluding hydrogens is 258 g/mol. The van der Waals surface area contributed by atoms with Crippen LogP contribution in [0.1, 0.15) is 48.0 Å². The zero-order valence-corrected chi connectivity index (χ0v) is 11.7. The molecule has 0 spiro atoms. The van der Waals surface area contributed by atoms with E-state index in [1.807, 2.05) is 0 Å². The Labute approximate surface area is 118 Å². The van der Waals surface area contributed by atoms with Crippen LogP contribution in [0, 0.1) is 0 Å². The number of methoxy groups -OCH3 is 1. The quantitative estimate of drug-likeness (QED) is 0.786. The minimum absolute atomic E-state index is 0.0980. The summed E-state index contributed by atoms with van der Waals surface area (Å²) >= 11 is 0. The van der Waals surface area contributed by atoms with Gasteiger partial charge in [-0.05, 0) is 18.9 Å². The molecule has 1 aromatic rings. The molecule has 1 fully saturated rings. The van der Waals surface area contributed by atoms with Gasteiger partial charge in [-0.15, -0.1) is 0 Å². The summed E-state index contributed by atoms with van der Waals surface area (Å²) in [7, 11) is 1.52. The lowest BCUT2D eigenvalue weighted by atomic mass is 9.69. The summed E-state index contributed by atoms with van der Waals surface area (Å²) in [5.41, 5.74) is 6.45. The van der Waals surface area contributed by atoms with E-state index in [2.05, 4.69) is 0 Å². The highest BCUT2D eigenvalue weighted by atomic mass is 16.5. The van der Waals surface area contributed by atoms with Gasteiger partial charge in [-0.3, -0.25) is 0 Å². The molecule has 4 N–H and O–H groups in total. The predicted molar refractivity (Wildman–Crippen MR) is 75.4 cm³/mol. The van der Waals surface area contributed by atoms with Crippen LogP contribution in [0.15, 0.2) is 12.1 Å². The molecule has 1 aromatic carbocycles. The summed E-state index contributed by atoms with van der Waals surface area (Å²) in [5.74, 6) is -0.907. The number of aromatic carboxylic acids is 1. The van der Waals surface area contributed by atoms with Crippen molar-refractivity contribution in [2.75, 3.05) is 13.7 Å². The summed E-state index contributed by atoms with van der Waals surface area (Å²) in [4.78, 5) is 11.2. The molecule has 0 amide bonds. The number of carboxylic acid groups (broad SMARTS) is 1. The molecule has 0 aliphatic heterocycles. The maximum atomic E-state index is 11.2. The normalized spacial score (nSPS) is 17.7. The van der Waals surface area contributed by atoms with Crippen LogP contribution >= 0.6 is 0 Å². The van der Waals surface area contributed by atoms with Crippen LogP contribution in [0.3, 0.4) is 0 Å². The van der Waals surface area contributed by atoms with Gasteiger partial charge in [-0.25, -0.2) is 4.79 Å². The Balaban J connectivity index is 2.57. The van der Waals surface area contributed by atoms with Crippen LogP contribution < -0.4 is 10.5 Å². The van der Waals surface area contributed by atoms with Gasteiger partial charge in [0.1, 0.15) is 17.1 Å². The van der Waals surface area contributed by atoms with E-state index < -0.39 is 5.97 Å². The maximum absolute atomic E-state index is 11.2. The molecule has 20 heavy (non-hydrogen) atoms. The molecular formula is C15H21NO4. The van der Waals surface area contributed by atoms with E-state index in [-0.39, 0.29) is 16.7 Å². The number of benzene rings is 1. The second-order valence-corrected chi connectivity index (χ2v) is 5.42. The summed E-state index contributed by atoms with van der Waals surface area (Å²) in [6, 6.07) is 2.90. The van der Waals surface area contributed by atoms with E-state index in [0.29, 0.717) is 12.3 Å². The van der Waals surface area contributed by atoms with E-state index in [4.69, 9.17) is 10.5 Å². The Bertz CT molecular complexity index is 507. The Morgan fingerprint density at radius 2 is 2.00 bits per heavy atom. The number of ether oxygens (including phenoxy) is 1.